The van der Waals surface area contributed by atoms with Gasteiger partial charge in [-0.05, 0) is 25.2 Å². The molecular weight excluding hydrogens is 222 g/mol. The molecule has 0 amide bonds. The van der Waals surface area contributed by atoms with E-state index in [2.05, 4.69) is 29.1 Å². The maximum absolute atomic E-state index is 5.71. The van der Waals surface area contributed by atoms with Gasteiger partial charge in [-0.2, -0.15) is 0 Å². The van der Waals surface area contributed by atoms with E-state index in [0.29, 0.717) is 0 Å². The predicted octanol–water partition coefficient (Wildman–Crippen LogP) is 3.24. The lowest BCUT2D eigenvalue weighted by Crippen LogP contribution is -2.24. The highest BCUT2D eigenvalue weighted by atomic mass is 35.5. The van der Waals surface area contributed by atoms with Crippen LogP contribution < -0.4 is 5.32 Å². The first-order valence-corrected chi connectivity index (χ1v) is 6.16. The molecule has 0 aliphatic rings. The fraction of sp³-hybridized carbons (Fsp3) is 0.667. The van der Waals surface area contributed by atoms with Crippen LogP contribution in [0.3, 0.4) is 0 Å². The van der Waals surface area contributed by atoms with Crippen LogP contribution in [0.5, 0.6) is 0 Å². The molecule has 0 saturated heterocycles. The molecule has 0 saturated carbocycles. The van der Waals surface area contributed by atoms with E-state index in [-0.39, 0.29) is 5.41 Å². The lowest BCUT2D eigenvalue weighted by atomic mass is 9.88. The Labute approximate surface area is 103 Å². The van der Waals surface area contributed by atoms with Crippen molar-refractivity contribution in [3.05, 3.63) is 18.1 Å². The van der Waals surface area contributed by atoms with Crippen molar-refractivity contribution in [2.75, 3.05) is 17.7 Å². The Morgan fingerprint density at radius 3 is 2.62 bits per heavy atom. The predicted molar refractivity (Wildman–Crippen MR) is 69.0 cm³/mol. The summed E-state index contributed by atoms with van der Waals surface area (Å²) in [4.78, 5) is 8.46. The van der Waals surface area contributed by atoms with Crippen molar-refractivity contribution in [3.8, 4) is 0 Å². The molecule has 0 aliphatic carbocycles. The lowest BCUT2D eigenvalue weighted by molar-refractivity contribution is 0.355. The zero-order valence-electron chi connectivity index (χ0n) is 10.3. The Balaban J connectivity index is 2.47. The molecule has 1 N–H and O–H groups in total. The smallest absolute Gasteiger partial charge is 0.147 e. The number of nitrogens with one attached hydrogen (secondary N) is 1. The fourth-order valence-electron chi connectivity index (χ4n) is 1.54. The first kappa shape index (κ1) is 13.2. The summed E-state index contributed by atoms with van der Waals surface area (Å²) in [6.07, 6.45) is 5.58. The maximum atomic E-state index is 5.71. The maximum Gasteiger partial charge on any atom is 0.147 e. The van der Waals surface area contributed by atoms with E-state index in [4.69, 9.17) is 11.6 Å². The fourth-order valence-corrected chi connectivity index (χ4v) is 1.67. The van der Waals surface area contributed by atoms with E-state index in [9.17, 15) is 0 Å². The quantitative estimate of drug-likeness (QED) is 0.777. The third kappa shape index (κ3) is 4.35. The van der Waals surface area contributed by atoms with Crippen molar-refractivity contribution in [3.63, 3.8) is 0 Å². The molecule has 1 rings (SSSR count). The van der Waals surface area contributed by atoms with Crippen molar-refractivity contribution < 1.29 is 0 Å². The molecule has 0 aliphatic heterocycles. The third-order valence-corrected chi connectivity index (χ3v) is 2.87. The molecule has 90 valence electrons. The zero-order valence-corrected chi connectivity index (χ0v) is 11.0. The van der Waals surface area contributed by atoms with Crippen molar-refractivity contribution in [1.29, 1.82) is 0 Å². The Hall–Kier alpha value is -0.830. The molecule has 0 spiro atoms. The molecule has 4 heteroatoms. The van der Waals surface area contributed by atoms with Gasteiger partial charge in [0.25, 0.3) is 0 Å². The number of aromatic nitrogens is 2. The molecule has 1 heterocycles. The van der Waals surface area contributed by atoms with Gasteiger partial charge in [0.05, 0.1) is 5.69 Å². The van der Waals surface area contributed by atoms with Gasteiger partial charge in [-0.25, -0.2) is 4.98 Å². The molecular formula is C12H20ClN3. The van der Waals surface area contributed by atoms with Crippen molar-refractivity contribution in [2.45, 2.75) is 33.6 Å². The summed E-state index contributed by atoms with van der Waals surface area (Å²) in [5, 5.41) is 3.35. The van der Waals surface area contributed by atoms with Gasteiger partial charge < -0.3 is 5.32 Å². The summed E-state index contributed by atoms with van der Waals surface area (Å²) in [6, 6.07) is 0. The standard InChI is InChI=1S/C12H20ClN3/c1-10-11(15-8-7-14-10)16-9-12(2,3)5-4-6-13/h7-8H,4-6,9H2,1-3H3,(H,15,16). The van der Waals surface area contributed by atoms with Crippen LogP contribution in [-0.2, 0) is 0 Å². The Kier molecular flexibility index (Phi) is 5.00. The summed E-state index contributed by atoms with van der Waals surface area (Å²) in [5.41, 5.74) is 1.18. The molecule has 0 bridgehead atoms. The number of alkyl halides is 1. The highest BCUT2D eigenvalue weighted by Crippen LogP contribution is 2.23. The molecule has 0 aromatic carbocycles. The lowest BCUT2D eigenvalue weighted by Gasteiger charge is -2.25. The third-order valence-electron chi connectivity index (χ3n) is 2.60. The number of aryl methyl sites for hydroxylation is 1. The second-order valence-corrected chi connectivity index (χ2v) is 5.18. The molecule has 0 unspecified atom stereocenters. The topological polar surface area (TPSA) is 37.8 Å². The van der Waals surface area contributed by atoms with Crippen LogP contribution in [0, 0.1) is 12.3 Å². The zero-order chi connectivity index (χ0) is 12.0. The van der Waals surface area contributed by atoms with E-state index in [0.717, 1.165) is 36.8 Å². The average molecular weight is 242 g/mol. The van der Waals surface area contributed by atoms with Crippen LogP contribution in [0.4, 0.5) is 5.82 Å². The van der Waals surface area contributed by atoms with Crippen molar-refractivity contribution in [1.82, 2.24) is 9.97 Å². The monoisotopic (exact) mass is 241 g/mol. The molecule has 0 radical (unpaired) electrons. The number of halogens is 1. The first-order valence-electron chi connectivity index (χ1n) is 5.62. The highest BCUT2D eigenvalue weighted by molar-refractivity contribution is 6.17. The minimum Gasteiger partial charge on any atom is -0.368 e. The second kappa shape index (κ2) is 6.04. The van der Waals surface area contributed by atoms with Gasteiger partial charge in [-0.15, -0.1) is 11.6 Å². The van der Waals surface area contributed by atoms with Gasteiger partial charge in [0.2, 0.25) is 0 Å². The molecule has 16 heavy (non-hydrogen) atoms. The molecule has 0 fully saturated rings. The van der Waals surface area contributed by atoms with Crippen LogP contribution in [0.15, 0.2) is 12.4 Å². The number of anilines is 1. The highest BCUT2D eigenvalue weighted by Gasteiger charge is 2.17. The number of hydrogen-bond donors (Lipinski definition) is 1. The summed E-state index contributed by atoms with van der Waals surface area (Å²) in [7, 11) is 0. The van der Waals surface area contributed by atoms with E-state index >= 15 is 0 Å². The van der Waals surface area contributed by atoms with Crippen LogP contribution in [0.2, 0.25) is 0 Å². The Bertz CT molecular complexity index is 326. The van der Waals surface area contributed by atoms with Crippen LogP contribution in [0.1, 0.15) is 32.4 Å². The SMILES string of the molecule is Cc1nccnc1NCC(C)(C)CCCCl. The molecule has 0 atom stereocenters. The van der Waals surface area contributed by atoms with Crippen molar-refractivity contribution in [2.24, 2.45) is 5.41 Å². The van der Waals surface area contributed by atoms with Gasteiger partial charge in [0.1, 0.15) is 5.82 Å². The van der Waals surface area contributed by atoms with E-state index in [1.165, 1.54) is 0 Å². The Morgan fingerprint density at radius 2 is 2.00 bits per heavy atom. The minimum absolute atomic E-state index is 0.235. The summed E-state index contributed by atoms with van der Waals surface area (Å²) >= 11 is 5.71. The molecule has 1 aromatic heterocycles. The number of hydrogen-bond acceptors (Lipinski definition) is 3. The largest absolute Gasteiger partial charge is 0.368 e. The second-order valence-electron chi connectivity index (χ2n) is 4.80. The van der Waals surface area contributed by atoms with Crippen LogP contribution in [-0.4, -0.2) is 22.4 Å². The number of rotatable bonds is 6. The van der Waals surface area contributed by atoms with E-state index in [1.54, 1.807) is 12.4 Å². The van der Waals surface area contributed by atoms with Crippen LogP contribution >= 0.6 is 11.6 Å². The van der Waals surface area contributed by atoms with E-state index in [1.807, 2.05) is 6.92 Å². The Morgan fingerprint density at radius 1 is 1.31 bits per heavy atom. The number of nitrogens with zero attached hydrogens (tertiary/aromatic N) is 2. The summed E-state index contributed by atoms with van der Waals surface area (Å²) in [6.45, 7) is 7.32. The van der Waals surface area contributed by atoms with Crippen molar-refractivity contribution >= 4 is 17.4 Å². The average Bonchev–Trinajstić information content (AvgIpc) is 2.26. The van der Waals surface area contributed by atoms with Gasteiger partial charge in [-0.3, -0.25) is 4.98 Å². The van der Waals surface area contributed by atoms with Gasteiger partial charge in [0, 0.05) is 24.8 Å². The molecule has 1 aromatic rings. The van der Waals surface area contributed by atoms with Gasteiger partial charge in [-0.1, -0.05) is 13.8 Å². The van der Waals surface area contributed by atoms with Crippen LogP contribution in [0.25, 0.3) is 0 Å². The van der Waals surface area contributed by atoms with E-state index < -0.39 is 0 Å². The normalized spacial score (nSPS) is 11.5. The summed E-state index contributed by atoms with van der Waals surface area (Å²) in [5.74, 6) is 1.61. The summed E-state index contributed by atoms with van der Waals surface area (Å²) < 4.78 is 0. The minimum atomic E-state index is 0.235. The molecule has 3 nitrogen and oxygen atoms in total. The van der Waals surface area contributed by atoms with Gasteiger partial charge in [0.15, 0.2) is 0 Å². The first-order chi connectivity index (χ1) is 7.55. The van der Waals surface area contributed by atoms with Gasteiger partial charge >= 0.3 is 0 Å².